The second kappa shape index (κ2) is 4.41. The molecule has 0 saturated carbocycles. The summed E-state index contributed by atoms with van der Waals surface area (Å²) in [7, 11) is 0. The van der Waals surface area contributed by atoms with Crippen molar-refractivity contribution in [3.8, 4) is 0 Å². The van der Waals surface area contributed by atoms with Crippen LogP contribution in [0, 0.1) is 13.8 Å². The minimum Gasteiger partial charge on any atom is -0.388 e. The largest absolute Gasteiger partial charge is 0.388 e. The summed E-state index contributed by atoms with van der Waals surface area (Å²) in [4.78, 5) is 0. The fourth-order valence-electron chi connectivity index (χ4n) is 1.28. The summed E-state index contributed by atoms with van der Waals surface area (Å²) in [5, 5.41) is 7.26. The Balaban J connectivity index is 3.06. The second-order valence-electron chi connectivity index (χ2n) is 3.13. The standard InChI is InChI=1S/C10H14N4/c1-7-3-8(2)5-9(4-7)10(12)14-13-6-11/h3-6H,1-2H3,(H2,11,13)(H2,12,14). The van der Waals surface area contributed by atoms with Gasteiger partial charge in [-0.1, -0.05) is 17.2 Å². The first-order chi connectivity index (χ1) is 6.63. The molecule has 0 unspecified atom stereocenters. The minimum atomic E-state index is 0.374. The Labute approximate surface area is 83.3 Å². The van der Waals surface area contributed by atoms with Crippen molar-refractivity contribution in [3.05, 3.63) is 34.9 Å². The monoisotopic (exact) mass is 190 g/mol. The average Bonchev–Trinajstić information content (AvgIpc) is 2.12. The van der Waals surface area contributed by atoms with Gasteiger partial charge in [-0.25, -0.2) is 0 Å². The van der Waals surface area contributed by atoms with Crippen LogP contribution in [0.15, 0.2) is 28.4 Å². The highest BCUT2D eigenvalue weighted by molar-refractivity contribution is 5.97. The van der Waals surface area contributed by atoms with Crippen molar-refractivity contribution in [3.63, 3.8) is 0 Å². The van der Waals surface area contributed by atoms with E-state index in [0.717, 1.165) is 23.0 Å². The maximum Gasteiger partial charge on any atom is 0.153 e. The van der Waals surface area contributed by atoms with Crippen molar-refractivity contribution < 1.29 is 0 Å². The van der Waals surface area contributed by atoms with Gasteiger partial charge in [0.05, 0.1) is 0 Å². The Bertz CT molecular complexity index is 359. The van der Waals surface area contributed by atoms with Crippen LogP contribution in [0.25, 0.3) is 0 Å². The van der Waals surface area contributed by atoms with Crippen molar-refractivity contribution >= 4 is 12.2 Å². The van der Waals surface area contributed by atoms with Gasteiger partial charge in [0.25, 0.3) is 0 Å². The second-order valence-corrected chi connectivity index (χ2v) is 3.13. The molecule has 0 fully saturated rings. The molecule has 0 aliphatic carbocycles. The molecule has 0 aliphatic heterocycles. The van der Waals surface area contributed by atoms with E-state index >= 15 is 0 Å². The van der Waals surface area contributed by atoms with Gasteiger partial charge in [0.1, 0.15) is 6.34 Å². The molecule has 0 amide bonds. The lowest BCUT2D eigenvalue weighted by Gasteiger charge is -2.02. The van der Waals surface area contributed by atoms with E-state index in [2.05, 4.69) is 16.3 Å². The highest BCUT2D eigenvalue weighted by Gasteiger charge is 1.99. The summed E-state index contributed by atoms with van der Waals surface area (Å²) in [6.07, 6.45) is 1.11. The zero-order valence-electron chi connectivity index (χ0n) is 8.36. The van der Waals surface area contributed by atoms with E-state index in [1.165, 1.54) is 0 Å². The van der Waals surface area contributed by atoms with Gasteiger partial charge >= 0.3 is 0 Å². The zero-order chi connectivity index (χ0) is 10.6. The van der Waals surface area contributed by atoms with Crippen LogP contribution in [0.4, 0.5) is 0 Å². The molecule has 74 valence electrons. The van der Waals surface area contributed by atoms with Crippen LogP contribution in [0.5, 0.6) is 0 Å². The van der Waals surface area contributed by atoms with Crippen LogP contribution in [0.1, 0.15) is 16.7 Å². The number of aryl methyl sites for hydroxylation is 2. The van der Waals surface area contributed by atoms with Crippen molar-refractivity contribution in [2.24, 2.45) is 21.7 Å². The molecule has 0 radical (unpaired) electrons. The number of hydrogen-bond donors (Lipinski definition) is 2. The molecule has 14 heavy (non-hydrogen) atoms. The van der Waals surface area contributed by atoms with E-state index in [9.17, 15) is 0 Å². The Hall–Kier alpha value is -1.84. The van der Waals surface area contributed by atoms with E-state index in [1.807, 2.05) is 26.0 Å². The topological polar surface area (TPSA) is 76.8 Å². The third-order valence-electron chi connectivity index (χ3n) is 1.75. The van der Waals surface area contributed by atoms with Crippen LogP contribution < -0.4 is 11.5 Å². The van der Waals surface area contributed by atoms with Crippen molar-refractivity contribution in [2.75, 3.05) is 0 Å². The van der Waals surface area contributed by atoms with Crippen molar-refractivity contribution in [1.29, 1.82) is 0 Å². The maximum atomic E-state index is 5.70. The van der Waals surface area contributed by atoms with E-state index in [4.69, 9.17) is 11.5 Å². The summed E-state index contributed by atoms with van der Waals surface area (Å²) < 4.78 is 0. The van der Waals surface area contributed by atoms with Gasteiger partial charge in [0.2, 0.25) is 0 Å². The van der Waals surface area contributed by atoms with Gasteiger partial charge < -0.3 is 11.5 Å². The molecule has 0 bridgehead atoms. The minimum absolute atomic E-state index is 0.374. The van der Waals surface area contributed by atoms with Gasteiger partial charge in [-0.15, -0.1) is 10.2 Å². The van der Waals surface area contributed by atoms with Crippen LogP contribution >= 0.6 is 0 Å². The summed E-state index contributed by atoms with van der Waals surface area (Å²) in [5.74, 6) is 0.374. The van der Waals surface area contributed by atoms with E-state index in [0.29, 0.717) is 5.84 Å². The van der Waals surface area contributed by atoms with Crippen molar-refractivity contribution in [1.82, 2.24) is 0 Å². The molecular formula is C10H14N4. The number of nitrogens with two attached hydrogens (primary N) is 2. The van der Waals surface area contributed by atoms with E-state index < -0.39 is 0 Å². The van der Waals surface area contributed by atoms with Crippen LogP contribution in [-0.4, -0.2) is 12.2 Å². The molecule has 0 heterocycles. The summed E-state index contributed by atoms with van der Waals surface area (Å²) in [6, 6.07) is 5.98. The number of benzene rings is 1. The molecule has 4 heteroatoms. The maximum absolute atomic E-state index is 5.70. The molecule has 1 aromatic carbocycles. The lowest BCUT2D eigenvalue weighted by Crippen LogP contribution is -2.13. The smallest absolute Gasteiger partial charge is 0.153 e. The zero-order valence-corrected chi connectivity index (χ0v) is 8.36. The van der Waals surface area contributed by atoms with Crippen LogP contribution in [0.2, 0.25) is 0 Å². The first kappa shape index (κ1) is 10.2. The molecule has 4 nitrogen and oxygen atoms in total. The molecule has 1 rings (SSSR count). The average molecular weight is 190 g/mol. The molecule has 0 aromatic heterocycles. The quantitative estimate of drug-likeness (QED) is 0.413. The summed E-state index contributed by atoms with van der Waals surface area (Å²) in [6.45, 7) is 4.02. The lowest BCUT2D eigenvalue weighted by molar-refractivity contribution is 1.22. The molecule has 0 saturated heterocycles. The van der Waals surface area contributed by atoms with Gasteiger partial charge in [-0.05, 0) is 26.0 Å². The Morgan fingerprint density at radius 1 is 1.21 bits per heavy atom. The van der Waals surface area contributed by atoms with Gasteiger partial charge in [-0.3, -0.25) is 0 Å². The number of rotatable bonds is 2. The van der Waals surface area contributed by atoms with Gasteiger partial charge in [0, 0.05) is 5.56 Å². The first-order valence-electron chi connectivity index (χ1n) is 4.29. The lowest BCUT2D eigenvalue weighted by atomic mass is 10.1. The molecular weight excluding hydrogens is 176 g/mol. The normalized spacial score (nSPS) is 12.3. The third-order valence-corrected chi connectivity index (χ3v) is 1.75. The number of nitrogens with zero attached hydrogens (tertiary/aromatic N) is 2. The summed E-state index contributed by atoms with van der Waals surface area (Å²) in [5.41, 5.74) is 13.9. The molecule has 4 N–H and O–H groups in total. The SMILES string of the molecule is Cc1cc(C)cc(/C(N)=N/N=C\N)c1. The van der Waals surface area contributed by atoms with E-state index in [1.54, 1.807) is 0 Å². The van der Waals surface area contributed by atoms with Gasteiger partial charge in [0.15, 0.2) is 5.84 Å². The molecule has 1 aromatic rings. The predicted molar refractivity (Wildman–Crippen MR) is 59.3 cm³/mol. The van der Waals surface area contributed by atoms with Crippen LogP contribution in [0.3, 0.4) is 0 Å². The van der Waals surface area contributed by atoms with Crippen molar-refractivity contribution in [2.45, 2.75) is 13.8 Å². The fraction of sp³-hybridized carbons (Fsp3) is 0.200. The van der Waals surface area contributed by atoms with Gasteiger partial charge in [-0.2, -0.15) is 0 Å². The third kappa shape index (κ3) is 2.58. The number of amidine groups is 1. The number of hydrogen-bond acceptors (Lipinski definition) is 2. The highest BCUT2D eigenvalue weighted by Crippen LogP contribution is 2.08. The summed E-state index contributed by atoms with van der Waals surface area (Å²) >= 11 is 0. The Morgan fingerprint density at radius 2 is 1.79 bits per heavy atom. The highest BCUT2D eigenvalue weighted by atomic mass is 15.2. The van der Waals surface area contributed by atoms with E-state index in [-0.39, 0.29) is 0 Å². The Kier molecular flexibility index (Phi) is 3.23. The predicted octanol–water partition coefficient (Wildman–Crippen LogP) is 0.911. The Morgan fingerprint density at radius 3 is 2.29 bits per heavy atom. The molecule has 0 atom stereocenters. The molecule has 0 aliphatic rings. The van der Waals surface area contributed by atoms with Crippen LogP contribution in [-0.2, 0) is 0 Å². The first-order valence-corrected chi connectivity index (χ1v) is 4.29. The molecule has 0 spiro atoms. The fourth-order valence-corrected chi connectivity index (χ4v) is 1.28.